The number of hydrogen-bond donors (Lipinski definition) is 1. The van der Waals surface area contributed by atoms with Gasteiger partial charge in [-0.2, -0.15) is 0 Å². The molecule has 3 fully saturated rings. The average molecular weight is 403 g/mol. The molecule has 2 aromatic rings. The minimum Gasteiger partial charge on any atom is -0.346 e. The molecule has 1 N–H and O–H groups in total. The molecular weight excluding hydrogens is 382 g/mol. The predicted octanol–water partition coefficient (Wildman–Crippen LogP) is 4.72. The summed E-state index contributed by atoms with van der Waals surface area (Å²) in [5.74, 6) is 0.0159. The molecule has 0 saturated carbocycles. The van der Waals surface area contributed by atoms with Crippen LogP contribution in [0, 0.1) is 11.7 Å². The molecule has 3 nitrogen and oxygen atoms in total. The normalized spacial score (nSPS) is 27.1. The molecule has 3 aliphatic heterocycles. The Labute approximate surface area is 161 Å². The first kappa shape index (κ1) is 18.9. The third kappa shape index (κ3) is 3.16. The lowest BCUT2D eigenvalue weighted by molar-refractivity contribution is -0.0377. The fourth-order valence-corrected chi connectivity index (χ4v) is 5.45. The maximum Gasteiger partial charge on any atom is 0.261 e. The van der Waals surface area contributed by atoms with Crippen molar-refractivity contribution in [3.8, 4) is 0 Å². The Hall–Kier alpha value is -0.880. The Morgan fingerprint density at radius 3 is 2.64 bits per heavy atom. The number of thiophene rings is 1. The Kier molecular flexibility index (Phi) is 5.06. The Morgan fingerprint density at radius 2 is 2.00 bits per heavy atom. The monoisotopic (exact) mass is 402 g/mol. The topological polar surface area (TPSA) is 32.3 Å². The zero-order valence-corrected chi connectivity index (χ0v) is 16.5. The molecule has 25 heavy (non-hydrogen) atoms. The van der Waals surface area contributed by atoms with E-state index in [2.05, 4.69) is 24.1 Å². The Bertz CT molecular complexity index is 776. The maximum absolute atomic E-state index is 13.6. The smallest absolute Gasteiger partial charge is 0.261 e. The number of halogens is 3. The summed E-state index contributed by atoms with van der Waals surface area (Å²) >= 11 is 7.20. The third-order valence-corrected chi connectivity index (χ3v) is 7.04. The van der Waals surface area contributed by atoms with E-state index in [1.807, 2.05) is 0 Å². The highest BCUT2D eigenvalue weighted by Gasteiger charge is 2.48. The number of carbonyl (C=O) groups excluding carboxylic acids is 1. The van der Waals surface area contributed by atoms with Gasteiger partial charge in [0.05, 0.1) is 9.90 Å². The van der Waals surface area contributed by atoms with Crippen LogP contribution in [-0.2, 0) is 0 Å². The van der Waals surface area contributed by atoms with Gasteiger partial charge in [0, 0.05) is 16.3 Å². The number of hydrogen-bond acceptors (Lipinski definition) is 3. The second kappa shape index (κ2) is 6.69. The highest BCUT2D eigenvalue weighted by molar-refractivity contribution is 7.20. The van der Waals surface area contributed by atoms with Gasteiger partial charge in [-0.1, -0.05) is 11.6 Å². The molecule has 0 aliphatic carbocycles. The lowest BCUT2D eigenvalue weighted by Crippen LogP contribution is -2.69. The molecule has 0 radical (unpaired) electrons. The molecule has 5 rings (SSSR count). The van der Waals surface area contributed by atoms with Gasteiger partial charge in [-0.3, -0.25) is 9.69 Å². The molecule has 3 aliphatic rings. The molecule has 1 aromatic heterocycles. The van der Waals surface area contributed by atoms with Crippen molar-refractivity contribution in [1.29, 1.82) is 0 Å². The fourth-order valence-electron chi connectivity index (χ4n) is 4.24. The zero-order chi connectivity index (χ0) is 17.1. The first-order chi connectivity index (χ1) is 11.4. The van der Waals surface area contributed by atoms with Crippen molar-refractivity contribution in [1.82, 2.24) is 10.2 Å². The maximum atomic E-state index is 13.6. The van der Waals surface area contributed by atoms with Crippen molar-refractivity contribution in [3.63, 3.8) is 0 Å². The lowest BCUT2D eigenvalue weighted by Gasteiger charge is -2.56. The van der Waals surface area contributed by atoms with Crippen LogP contribution in [0.1, 0.15) is 36.4 Å². The minimum atomic E-state index is -0.451. The van der Waals surface area contributed by atoms with Gasteiger partial charge >= 0.3 is 0 Å². The van der Waals surface area contributed by atoms with Gasteiger partial charge < -0.3 is 5.32 Å². The standard InChI is InChI=1S/C18H20ClFN2OS.ClH/c1-18(2)16(10-3-5-22(18)6-4-10)21-17(23)15-8-11-7-13(20)12(19)9-14(11)24-15;/h7-10,16H,3-6H2,1-2H3,(H,21,23);1H/t16-;/m1./s1. The number of amides is 1. The van der Waals surface area contributed by atoms with Gasteiger partial charge in [-0.15, -0.1) is 23.7 Å². The summed E-state index contributed by atoms with van der Waals surface area (Å²) < 4.78 is 14.4. The molecule has 1 atom stereocenters. The molecule has 136 valence electrons. The molecule has 7 heteroatoms. The van der Waals surface area contributed by atoms with Gasteiger partial charge in [0.1, 0.15) is 5.82 Å². The largest absolute Gasteiger partial charge is 0.346 e. The molecule has 2 bridgehead atoms. The highest BCUT2D eigenvalue weighted by Crippen LogP contribution is 2.39. The molecular formula is C18H21Cl2FN2OS. The molecule has 1 aromatic carbocycles. The van der Waals surface area contributed by atoms with E-state index < -0.39 is 5.82 Å². The summed E-state index contributed by atoms with van der Waals surface area (Å²) in [6, 6.07) is 4.89. The van der Waals surface area contributed by atoms with Crippen LogP contribution in [0.15, 0.2) is 18.2 Å². The van der Waals surface area contributed by atoms with Crippen LogP contribution in [0.25, 0.3) is 10.1 Å². The number of piperidine rings is 3. The highest BCUT2D eigenvalue weighted by atomic mass is 35.5. The Balaban J connectivity index is 0.00000182. The van der Waals surface area contributed by atoms with Gasteiger partial charge in [-0.25, -0.2) is 4.39 Å². The van der Waals surface area contributed by atoms with E-state index in [0.717, 1.165) is 36.0 Å². The van der Waals surface area contributed by atoms with Gasteiger partial charge in [0.2, 0.25) is 0 Å². The SMILES string of the molecule is CC1(C)[C@H](NC(=O)c2cc3cc(F)c(Cl)cc3s2)C2CCN1CC2.Cl. The van der Waals surface area contributed by atoms with Gasteiger partial charge in [0.25, 0.3) is 5.91 Å². The first-order valence-electron chi connectivity index (χ1n) is 8.31. The number of fused-ring (bicyclic) bond motifs is 4. The summed E-state index contributed by atoms with van der Waals surface area (Å²) in [5.41, 5.74) is -0.0249. The zero-order valence-electron chi connectivity index (χ0n) is 14.1. The number of benzene rings is 1. The van der Waals surface area contributed by atoms with E-state index in [-0.39, 0.29) is 34.9 Å². The van der Waals surface area contributed by atoms with Crippen molar-refractivity contribution >= 4 is 51.3 Å². The molecule has 4 heterocycles. The second-order valence-electron chi connectivity index (χ2n) is 7.34. The third-order valence-electron chi connectivity index (χ3n) is 5.66. The number of rotatable bonds is 2. The quantitative estimate of drug-likeness (QED) is 0.787. The van der Waals surface area contributed by atoms with Crippen molar-refractivity contribution in [2.75, 3.05) is 13.1 Å². The fraction of sp³-hybridized carbons (Fsp3) is 0.500. The van der Waals surface area contributed by atoms with Crippen LogP contribution in [0.5, 0.6) is 0 Å². The van der Waals surface area contributed by atoms with Crippen LogP contribution in [0.4, 0.5) is 4.39 Å². The van der Waals surface area contributed by atoms with Crippen LogP contribution in [0.2, 0.25) is 5.02 Å². The number of nitrogens with zero attached hydrogens (tertiary/aromatic N) is 1. The van der Waals surface area contributed by atoms with E-state index in [1.165, 1.54) is 17.4 Å². The van der Waals surface area contributed by atoms with E-state index in [4.69, 9.17) is 11.6 Å². The van der Waals surface area contributed by atoms with E-state index >= 15 is 0 Å². The minimum absolute atomic E-state index is 0. The lowest BCUT2D eigenvalue weighted by atomic mass is 9.72. The van der Waals surface area contributed by atoms with Crippen molar-refractivity contribution in [2.24, 2.45) is 5.92 Å². The summed E-state index contributed by atoms with van der Waals surface area (Å²) in [6.07, 6.45) is 2.28. The first-order valence-corrected chi connectivity index (χ1v) is 9.50. The van der Waals surface area contributed by atoms with E-state index in [1.54, 1.807) is 12.1 Å². The molecule has 0 unspecified atom stereocenters. The second-order valence-corrected chi connectivity index (χ2v) is 8.84. The molecule has 3 saturated heterocycles. The van der Waals surface area contributed by atoms with Gasteiger partial charge in [0.15, 0.2) is 0 Å². The van der Waals surface area contributed by atoms with Crippen molar-refractivity contribution in [2.45, 2.75) is 38.3 Å². The van der Waals surface area contributed by atoms with Crippen molar-refractivity contribution < 1.29 is 9.18 Å². The Morgan fingerprint density at radius 1 is 1.32 bits per heavy atom. The van der Waals surface area contributed by atoms with Crippen molar-refractivity contribution in [3.05, 3.63) is 33.9 Å². The van der Waals surface area contributed by atoms with Crippen LogP contribution < -0.4 is 5.32 Å². The summed E-state index contributed by atoms with van der Waals surface area (Å²) in [6.45, 7) is 6.65. The molecule has 1 amide bonds. The summed E-state index contributed by atoms with van der Waals surface area (Å²) in [4.78, 5) is 15.9. The van der Waals surface area contributed by atoms with Gasteiger partial charge in [-0.05, 0) is 69.3 Å². The van der Waals surface area contributed by atoms with Crippen LogP contribution >= 0.6 is 35.3 Å². The van der Waals surface area contributed by atoms with Crippen LogP contribution in [-0.4, -0.2) is 35.5 Å². The van der Waals surface area contributed by atoms with E-state index in [9.17, 15) is 9.18 Å². The summed E-state index contributed by atoms with van der Waals surface area (Å²) in [7, 11) is 0. The predicted molar refractivity (Wildman–Crippen MR) is 104 cm³/mol. The molecule has 0 spiro atoms. The van der Waals surface area contributed by atoms with Crippen LogP contribution in [0.3, 0.4) is 0 Å². The number of nitrogens with one attached hydrogen (secondary N) is 1. The summed E-state index contributed by atoms with van der Waals surface area (Å²) in [5, 5.41) is 4.06. The average Bonchev–Trinajstić information content (AvgIpc) is 2.94. The number of carbonyl (C=O) groups is 1. The van der Waals surface area contributed by atoms with E-state index in [0.29, 0.717) is 10.8 Å².